The molecule has 94 valence electrons. The van der Waals surface area contributed by atoms with Gasteiger partial charge in [-0.2, -0.15) is 0 Å². The van der Waals surface area contributed by atoms with Crippen LogP contribution < -0.4 is 5.32 Å². The van der Waals surface area contributed by atoms with Crippen LogP contribution >= 0.6 is 0 Å². The molecule has 0 radical (unpaired) electrons. The van der Waals surface area contributed by atoms with Crippen molar-refractivity contribution in [1.29, 1.82) is 0 Å². The van der Waals surface area contributed by atoms with E-state index in [1.54, 1.807) is 0 Å². The fourth-order valence-electron chi connectivity index (χ4n) is 2.71. The molecule has 1 N–H and O–H groups in total. The summed E-state index contributed by atoms with van der Waals surface area (Å²) in [6, 6.07) is 11.5. The highest BCUT2D eigenvalue weighted by Gasteiger charge is 2.23. The second-order valence-corrected chi connectivity index (χ2v) is 5.30. The lowest BCUT2D eigenvalue weighted by atomic mass is 10.0. The molecule has 1 aromatic carbocycles. The third-order valence-corrected chi connectivity index (χ3v) is 3.80. The summed E-state index contributed by atoms with van der Waals surface area (Å²) in [7, 11) is 2.06. The van der Waals surface area contributed by atoms with Crippen LogP contribution in [0, 0.1) is 5.92 Å². The van der Waals surface area contributed by atoms with Crippen LogP contribution in [-0.2, 0) is 6.54 Å². The summed E-state index contributed by atoms with van der Waals surface area (Å²) < 4.78 is 0. The van der Waals surface area contributed by atoms with Gasteiger partial charge in [-0.25, -0.2) is 0 Å². The van der Waals surface area contributed by atoms with E-state index < -0.39 is 0 Å². The van der Waals surface area contributed by atoms with E-state index in [9.17, 15) is 0 Å². The van der Waals surface area contributed by atoms with Gasteiger partial charge in [-0.05, 0) is 44.8 Å². The maximum Gasteiger partial charge on any atom is 0.0233 e. The van der Waals surface area contributed by atoms with Gasteiger partial charge < -0.3 is 5.32 Å². The van der Waals surface area contributed by atoms with Crippen molar-refractivity contribution < 1.29 is 0 Å². The quantitative estimate of drug-likeness (QED) is 0.839. The zero-order valence-corrected chi connectivity index (χ0v) is 11.0. The normalized spacial score (nSPS) is 22.8. The summed E-state index contributed by atoms with van der Waals surface area (Å²) in [5.41, 5.74) is 1.44. The lowest BCUT2D eigenvalue weighted by molar-refractivity contribution is 0.307. The number of hydrogen-bond donors (Lipinski definition) is 1. The van der Waals surface area contributed by atoms with Crippen molar-refractivity contribution in [3.05, 3.63) is 35.9 Å². The lowest BCUT2D eigenvalue weighted by Gasteiger charge is -2.18. The Kier molecular flexibility index (Phi) is 4.57. The van der Waals surface area contributed by atoms with Crippen LogP contribution in [0.25, 0.3) is 0 Å². The number of hydrogen-bond acceptors (Lipinski definition) is 2. The fraction of sp³-hybridized carbons (Fsp3) is 0.600. The van der Waals surface area contributed by atoms with Gasteiger partial charge in [0.1, 0.15) is 0 Å². The summed E-state index contributed by atoms with van der Waals surface area (Å²) in [5.74, 6) is 0.876. The maximum atomic E-state index is 3.34. The zero-order valence-electron chi connectivity index (χ0n) is 11.0. The second kappa shape index (κ2) is 6.18. The second-order valence-electron chi connectivity index (χ2n) is 5.30. The number of nitrogens with one attached hydrogen (secondary N) is 1. The van der Waals surface area contributed by atoms with Gasteiger partial charge in [-0.3, -0.25) is 4.90 Å². The maximum absolute atomic E-state index is 3.34. The number of rotatable bonds is 5. The SMILES string of the molecule is CNC(C)CC1CCN(Cc2ccccc2)C1. The predicted molar refractivity (Wildman–Crippen MR) is 73.0 cm³/mol. The molecule has 1 saturated heterocycles. The molecule has 1 aliphatic heterocycles. The van der Waals surface area contributed by atoms with Gasteiger partial charge in [-0.1, -0.05) is 30.3 Å². The monoisotopic (exact) mass is 232 g/mol. The molecule has 1 heterocycles. The summed E-state index contributed by atoms with van der Waals surface area (Å²) in [6.45, 7) is 5.92. The Balaban J connectivity index is 1.78. The Morgan fingerprint density at radius 2 is 2.12 bits per heavy atom. The summed E-state index contributed by atoms with van der Waals surface area (Å²) >= 11 is 0. The highest BCUT2D eigenvalue weighted by atomic mass is 15.1. The van der Waals surface area contributed by atoms with Gasteiger partial charge in [0.2, 0.25) is 0 Å². The molecule has 2 heteroatoms. The Hall–Kier alpha value is -0.860. The first-order valence-electron chi connectivity index (χ1n) is 6.71. The van der Waals surface area contributed by atoms with E-state index in [1.807, 2.05) is 0 Å². The van der Waals surface area contributed by atoms with Crippen LogP contribution in [0.4, 0.5) is 0 Å². The molecule has 2 unspecified atom stereocenters. The fourth-order valence-corrected chi connectivity index (χ4v) is 2.71. The van der Waals surface area contributed by atoms with Crippen molar-refractivity contribution in [2.24, 2.45) is 5.92 Å². The molecule has 2 nitrogen and oxygen atoms in total. The molecular formula is C15H24N2. The van der Waals surface area contributed by atoms with Crippen molar-refractivity contribution in [3.63, 3.8) is 0 Å². The third kappa shape index (κ3) is 3.83. The van der Waals surface area contributed by atoms with Crippen molar-refractivity contribution >= 4 is 0 Å². The summed E-state index contributed by atoms with van der Waals surface area (Å²) in [5, 5.41) is 3.34. The third-order valence-electron chi connectivity index (χ3n) is 3.80. The van der Waals surface area contributed by atoms with Gasteiger partial charge in [0.15, 0.2) is 0 Å². The smallest absolute Gasteiger partial charge is 0.0233 e. The first-order valence-corrected chi connectivity index (χ1v) is 6.71. The van der Waals surface area contributed by atoms with Crippen molar-refractivity contribution in [3.8, 4) is 0 Å². The van der Waals surface area contributed by atoms with Crippen LogP contribution in [0.3, 0.4) is 0 Å². The van der Waals surface area contributed by atoms with E-state index >= 15 is 0 Å². The Bertz CT molecular complexity index is 323. The van der Waals surface area contributed by atoms with E-state index in [0.717, 1.165) is 12.5 Å². The van der Waals surface area contributed by atoms with Crippen molar-refractivity contribution in [2.45, 2.75) is 32.4 Å². The van der Waals surface area contributed by atoms with E-state index in [1.165, 1.54) is 31.5 Å². The molecule has 2 rings (SSSR count). The molecule has 2 atom stereocenters. The van der Waals surface area contributed by atoms with Gasteiger partial charge >= 0.3 is 0 Å². The topological polar surface area (TPSA) is 15.3 Å². The van der Waals surface area contributed by atoms with Crippen molar-refractivity contribution in [1.82, 2.24) is 10.2 Å². The van der Waals surface area contributed by atoms with Gasteiger partial charge in [0.05, 0.1) is 0 Å². The van der Waals surface area contributed by atoms with Crippen LogP contribution in [0.15, 0.2) is 30.3 Å². The zero-order chi connectivity index (χ0) is 12.1. The minimum atomic E-state index is 0.650. The average molecular weight is 232 g/mol. The molecule has 0 amide bonds. The lowest BCUT2D eigenvalue weighted by Crippen LogP contribution is -2.26. The van der Waals surface area contributed by atoms with E-state index in [0.29, 0.717) is 6.04 Å². The molecule has 1 aliphatic rings. The Morgan fingerprint density at radius 1 is 1.35 bits per heavy atom. The van der Waals surface area contributed by atoms with Crippen LogP contribution in [0.2, 0.25) is 0 Å². The molecule has 1 fully saturated rings. The van der Waals surface area contributed by atoms with Crippen molar-refractivity contribution in [2.75, 3.05) is 20.1 Å². The first-order chi connectivity index (χ1) is 8.28. The minimum Gasteiger partial charge on any atom is -0.317 e. The summed E-state index contributed by atoms with van der Waals surface area (Å²) in [4.78, 5) is 2.59. The van der Waals surface area contributed by atoms with Gasteiger partial charge in [0, 0.05) is 19.1 Å². The summed E-state index contributed by atoms with van der Waals surface area (Å²) in [6.07, 6.45) is 2.67. The highest BCUT2D eigenvalue weighted by molar-refractivity contribution is 5.14. The van der Waals surface area contributed by atoms with Crippen LogP contribution in [0.5, 0.6) is 0 Å². The first kappa shape index (κ1) is 12.6. The minimum absolute atomic E-state index is 0.650. The Morgan fingerprint density at radius 3 is 2.82 bits per heavy atom. The van der Waals surface area contributed by atoms with Gasteiger partial charge in [0.25, 0.3) is 0 Å². The van der Waals surface area contributed by atoms with E-state index in [4.69, 9.17) is 0 Å². The standard InChI is InChI=1S/C15H24N2/c1-13(16-2)10-15-8-9-17(12-15)11-14-6-4-3-5-7-14/h3-7,13,15-16H,8-12H2,1-2H3. The molecular weight excluding hydrogens is 208 g/mol. The molecule has 1 aromatic rings. The molecule has 17 heavy (non-hydrogen) atoms. The van der Waals surface area contributed by atoms with Crippen LogP contribution in [-0.4, -0.2) is 31.1 Å². The number of benzene rings is 1. The molecule has 0 bridgehead atoms. The van der Waals surface area contributed by atoms with E-state index in [-0.39, 0.29) is 0 Å². The van der Waals surface area contributed by atoms with Crippen LogP contribution in [0.1, 0.15) is 25.3 Å². The molecule has 0 spiro atoms. The molecule has 0 saturated carbocycles. The highest BCUT2D eigenvalue weighted by Crippen LogP contribution is 2.22. The number of likely N-dealkylation sites (tertiary alicyclic amines) is 1. The predicted octanol–water partition coefficient (Wildman–Crippen LogP) is 2.51. The Labute approximate surface area is 105 Å². The molecule has 0 aliphatic carbocycles. The van der Waals surface area contributed by atoms with E-state index in [2.05, 4.69) is 54.5 Å². The number of nitrogens with zero attached hydrogens (tertiary/aromatic N) is 1. The average Bonchev–Trinajstić information content (AvgIpc) is 2.77. The largest absolute Gasteiger partial charge is 0.317 e. The van der Waals surface area contributed by atoms with Gasteiger partial charge in [-0.15, -0.1) is 0 Å². The molecule has 0 aromatic heterocycles.